The largest absolute Gasteiger partial charge is 0.480 e. The van der Waals surface area contributed by atoms with Crippen LogP contribution in [0, 0.1) is 5.41 Å². The topological polar surface area (TPSA) is 108 Å². The van der Waals surface area contributed by atoms with Gasteiger partial charge in [0.25, 0.3) is 0 Å². The van der Waals surface area contributed by atoms with E-state index >= 15 is 0 Å². The van der Waals surface area contributed by atoms with E-state index in [1.165, 1.54) is 18.3 Å². The van der Waals surface area contributed by atoms with Crippen LogP contribution in [0.25, 0.3) is 0 Å². The molecular weight excluding hydrogens is 294 g/mol. The average Bonchev–Trinajstić information content (AvgIpc) is 2.74. The molecule has 1 heterocycles. The van der Waals surface area contributed by atoms with E-state index in [9.17, 15) is 14.4 Å². The van der Waals surface area contributed by atoms with Gasteiger partial charge < -0.3 is 15.7 Å². The minimum atomic E-state index is -1.10. The summed E-state index contributed by atoms with van der Waals surface area (Å²) in [5, 5.41) is 15.8. The summed E-state index contributed by atoms with van der Waals surface area (Å²) in [6.45, 7) is 6.75. The molecule has 8 heteroatoms. The van der Waals surface area contributed by atoms with E-state index in [1.54, 1.807) is 26.2 Å². The number of anilines is 1. The number of thiazole rings is 1. The van der Waals surface area contributed by atoms with E-state index in [4.69, 9.17) is 5.11 Å². The van der Waals surface area contributed by atoms with Crippen molar-refractivity contribution in [2.75, 3.05) is 5.32 Å². The molecule has 1 atom stereocenters. The van der Waals surface area contributed by atoms with Crippen LogP contribution in [0.1, 0.15) is 33.4 Å². The molecule has 0 saturated carbocycles. The van der Waals surface area contributed by atoms with Crippen molar-refractivity contribution in [2.24, 2.45) is 5.41 Å². The Kier molecular flexibility index (Phi) is 5.42. The van der Waals surface area contributed by atoms with Gasteiger partial charge in [0, 0.05) is 10.8 Å². The molecule has 0 saturated heterocycles. The zero-order valence-corrected chi connectivity index (χ0v) is 13.2. The van der Waals surface area contributed by atoms with Gasteiger partial charge in [0.2, 0.25) is 11.8 Å². The Morgan fingerprint density at radius 2 is 2.00 bits per heavy atom. The Morgan fingerprint density at radius 3 is 2.52 bits per heavy atom. The van der Waals surface area contributed by atoms with Crippen molar-refractivity contribution in [3.8, 4) is 0 Å². The summed E-state index contributed by atoms with van der Waals surface area (Å²) in [5.74, 6) is -1.68. The number of carbonyl (C=O) groups excluding carboxylic acids is 2. The summed E-state index contributed by atoms with van der Waals surface area (Å²) in [7, 11) is 0. The molecule has 1 aromatic heterocycles. The van der Waals surface area contributed by atoms with Crippen molar-refractivity contribution < 1.29 is 19.5 Å². The molecule has 3 N–H and O–H groups in total. The Labute approximate surface area is 126 Å². The standard InChI is InChI=1S/C13H19N3O4S/c1-7(10(18)19)14-9(17)5-8-6-21-12(15-8)16-11(20)13(2,3)4/h6-7H,5H2,1-4H3,(H,14,17)(H,18,19)(H,15,16,20)/t7-/m0/s1. The van der Waals surface area contributed by atoms with Crippen molar-refractivity contribution in [1.82, 2.24) is 10.3 Å². The molecular formula is C13H19N3O4S. The maximum atomic E-state index is 11.8. The van der Waals surface area contributed by atoms with E-state index < -0.39 is 23.3 Å². The SMILES string of the molecule is C[C@H](NC(=O)Cc1csc(NC(=O)C(C)(C)C)n1)C(=O)O. The highest BCUT2D eigenvalue weighted by Crippen LogP contribution is 2.20. The van der Waals surface area contributed by atoms with Crippen LogP contribution in [-0.2, 0) is 20.8 Å². The minimum Gasteiger partial charge on any atom is -0.480 e. The van der Waals surface area contributed by atoms with Gasteiger partial charge in [-0.25, -0.2) is 4.98 Å². The molecule has 0 aliphatic carbocycles. The molecule has 0 aliphatic rings. The van der Waals surface area contributed by atoms with Gasteiger partial charge in [-0.15, -0.1) is 11.3 Å². The molecule has 21 heavy (non-hydrogen) atoms. The highest BCUT2D eigenvalue weighted by molar-refractivity contribution is 7.13. The third-order valence-electron chi connectivity index (χ3n) is 2.54. The maximum Gasteiger partial charge on any atom is 0.325 e. The lowest BCUT2D eigenvalue weighted by Crippen LogP contribution is -2.39. The van der Waals surface area contributed by atoms with Crippen molar-refractivity contribution >= 4 is 34.3 Å². The van der Waals surface area contributed by atoms with E-state index in [1.807, 2.05) is 0 Å². The predicted molar refractivity (Wildman–Crippen MR) is 79.1 cm³/mol. The molecule has 2 amide bonds. The van der Waals surface area contributed by atoms with Gasteiger partial charge in [0.15, 0.2) is 5.13 Å². The predicted octanol–water partition coefficient (Wildman–Crippen LogP) is 1.26. The summed E-state index contributed by atoms with van der Waals surface area (Å²) in [6, 6.07) is -0.948. The third-order valence-corrected chi connectivity index (χ3v) is 3.35. The van der Waals surface area contributed by atoms with Gasteiger partial charge in [-0.3, -0.25) is 14.4 Å². The first-order chi connectivity index (χ1) is 9.59. The summed E-state index contributed by atoms with van der Waals surface area (Å²) < 4.78 is 0. The molecule has 0 bridgehead atoms. The lowest BCUT2D eigenvalue weighted by Gasteiger charge is -2.15. The number of hydrogen-bond donors (Lipinski definition) is 3. The number of rotatable bonds is 5. The lowest BCUT2D eigenvalue weighted by molar-refractivity contribution is -0.141. The summed E-state index contributed by atoms with van der Waals surface area (Å²) in [6.07, 6.45) is -0.0283. The first-order valence-electron chi connectivity index (χ1n) is 6.37. The fourth-order valence-electron chi connectivity index (χ4n) is 1.25. The highest BCUT2D eigenvalue weighted by atomic mass is 32.1. The number of aromatic nitrogens is 1. The highest BCUT2D eigenvalue weighted by Gasteiger charge is 2.22. The number of aliphatic carboxylic acids is 1. The van der Waals surface area contributed by atoms with Crippen LogP contribution < -0.4 is 10.6 Å². The Balaban J connectivity index is 2.58. The molecule has 0 unspecified atom stereocenters. The van der Waals surface area contributed by atoms with Gasteiger partial charge in [-0.2, -0.15) is 0 Å². The van der Waals surface area contributed by atoms with Crippen molar-refractivity contribution in [3.63, 3.8) is 0 Å². The first kappa shape index (κ1) is 17.1. The van der Waals surface area contributed by atoms with Gasteiger partial charge in [0.1, 0.15) is 6.04 Å². The second-order valence-electron chi connectivity index (χ2n) is 5.65. The van der Waals surface area contributed by atoms with Crippen LogP contribution in [0.5, 0.6) is 0 Å². The molecule has 0 radical (unpaired) electrons. The molecule has 0 fully saturated rings. The Morgan fingerprint density at radius 1 is 1.38 bits per heavy atom. The van der Waals surface area contributed by atoms with Crippen LogP contribution >= 0.6 is 11.3 Å². The molecule has 0 aliphatic heterocycles. The number of carbonyl (C=O) groups is 3. The summed E-state index contributed by atoms with van der Waals surface area (Å²) >= 11 is 1.22. The molecule has 0 aromatic carbocycles. The monoisotopic (exact) mass is 313 g/mol. The number of carboxylic acid groups (broad SMARTS) is 1. The van der Waals surface area contributed by atoms with Crippen molar-refractivity contribution in [1.29, 1.82) is 0 Å². The second-order valence-corrected chi connectivity index (χ2v) is 6.51. The van der Waals surface area contributed by atoms with E-state index in [0.717, 1.165) is 0 Å². The molecule has 1 rings (SSSR count). The lowest BCUT2D eigenvalue weighted by atomic mass is 9.96. The summed E-state index contributed by atoms with van der Waals surface area (Å²) in [5.41, 5.74) is -0.0422. The van der Waals surface area contributed by atoms with Gasteiger partial charge in [-0.05, 0) is 6.92 Å². The number of hydrogen-bond acceptors (Lipinski definition) is 5. The zero-order chi connectivity index (χ0) is 16.2. The van der Waals surface area contributed by atoms with E-state index in [0.29, 0.717) is 10.8 Å². The smallest absolute Gasteiger partial charge is 0.325 e. The summed E-state index contributed by atoms with van der Waals surface area (Å²) in [4.78, 5) is 38.2. The van der Waals surface area contributed by atoms with Gasteiger partial charge in [0.05, 0.1) is 12.1 Å². The number of nitrogens with one attached hydrogen (secondary N) is 2. The van der Waals surface area contributed by atoms with Crippen molar-refractivity contribution in [2.45, 2.75) is 40.2 Å². The number of nitrogens with zero attached hydrogens (tertiary/aromatic N) is 1. The quantitative estimate of drug-likeness (QED) is 0.758. The third kappa shape index (κ3) is 5.50. The van der Waals surface area contributed by atoms with Crippen LogP contribution in [0.2, 0.25) is 0 Å². The maximum absolute atomic E-state index is 11.8. The number of carboxylic acids is 1. The van der Waals surface area contributed by atoms with E-state index in [2.05, 4.69) is 15.6 Å². The van der Waals surface area contributed by atoms with Crippen molar-refractivity contribution in [3.05, 3.63) is 11.1 Å². The number of amides is 2. The minimum absolute atomic E-state index is 0.0283. The van der Waals surface area contributed by atoms with Gasteiger partial charge >= 0.3 is 5.97 Å². The average molecular weight is 313 g/mol. The van der Waals surface area contributed by atoms with Crippen LogP contribution in [-0.4, -0.2) is 33.9 Å². The Hall–Kier alpha value is -1.96. The molecule has 7 nitrogen and oxygen atoms in total. The molecule has 0 spiro atoms. The zero-order valence-electron chi connectivity index (χ0n) is 12.4. The second kappa shape index (κ2) is 6.66. The fourth-order valence-corrected chi connectivity index (χ4v) is 1.95. The Bertz CT molecular complexity index is 548. The first-order valence-corrected chi connectivity index (χ1v) is 7.25. The molecule has 1 aromatic rings. The van der Waals surface area contributed by atoms with Crippen LogP contribution in [0.15, 0.2) is 5.38 Å². The molecule has 116 valence electrons. The van der Waals surface area contributed by atoms with Crippen LogP contribution in [0.4, 0.5) is 5.13 Å². The normalized spacial score (nSPS) is 12.6. The van der Waals surface area contributed by atoms with Crippen LogP contribution in [0.3, 0.4) is 0 Å². The van der Waals surface area contributed by atoms with Gasteiger partial charge in [-0.1, -0.05) is 20.8 Å². The van der Waals surface area contributed by atoms with E-state index in [-0.39, 0.29) is 12.3 Å². The fraction of sp³-hybridized carbons (Fsp3) is 0.538.